The van der Waals surface area contributed by atoms with Crippen LogP contribution in [0, 0.1) is 5.92 Å². The van der Waals surface area contributed by atoms with Gasteiger partial charge in [-0.25, -0.2) is 4.79 Å². The van der Waals surface area contributed by atoms with Gasteiger partial charge in [-0.3, -0.25) is 19.8 Å². The molecule has 1 saturated heterocycles. The first-order chi connectivity index (χ1) is 8.54. The van der Waals surface area contributed by atoms with E-state index in [0.717, 1.165) is 25.0 Å². The largest absolute Gasteiger partial charge is 0.331 e. The predicted octanol–water partition coefficient (Wildman–Crippen LogP) is 1.38. The van der Waals surface area contributed by atoms with Gasteiger partial charge < -0.3 is 0 Å². The number of nitrogens with one attached hydrogen (secondary N) is 1. The van der Waals surface area contributed by atoms with Crippen molar-refractivity contribution < 1.29 is 14.4 Å². The first-order valence-electron chi connectivity index (χ1n) is 6.34. The van der Waals surface area contributed by atoms with E-state index in [2.05, 4.69) is 12.2 Å². The molecule has 5 nitrogen and oxygen atoms in total. The molecular formula is C12H18N2O3S. The predicted molar refractivity (Wildman–Crippen MR) is 69.1 cm³/mol. The van der Waals surface area contributed by atoms with Gasteiger partial charge in [-0.1, -0.05) is 6.92 Å². The molecule has 1 saturated carbocycles. The van der Waals surface area contributed by atoms with E-state index >= 15 is 0 Å². The SMILES string of the molecule is CCSC1CCC(N2C(=O)NC(=O)C(C)C2=O)C1. The number of amides is 4. The zero-order valence-electron chi connectivity index (χ0n) is 10.6. The van der Waals surface area contributed by atoms with Crippen LogP contribution in [0.5, 0.6) is 0 Å². The third-order valence-electron chi connectivity index (χ3n) is 3.57. The zero-order chi connectivity index (χ0) is 13.3. The Balaban J connectivity index is 2.06. The summed E-state index contributed by atoms with van der Waals surface area (Å²) >= 11 is 1.87. The molecule has 1 heterocycles. The molecule has 0 aromatic carbocycles. The molecular weight excluding hydrogens is 252 g/mol. The number of barbiturate groups is 1. The van der Waals surface area contributed by atoms with Gasteiger partial charge in [0.1, 0.15) is 5.92 Å². The van der Waals surface area contributed by atoms with Crippen molar-refractivity contribution in [1.82, 2.24) is 10.2 Å². The molecule has 1 N–H and O–H groups in total. The van der Waals surface area contributed by atoms with Crippen molar-refractivity contribution in [2.75, 3.05) is 5.75 Å². The smallest absolute Gasteiger partial charge is 0.277 e. The maximum atomic E-state index is 12.0. The summed E-state index contributed by atoms with van der Waals surface area (Å²) in [7, 11) is 0. The summed E-state index contributed by atoms with van der Waals surface area (Å²) in [6.45, 7) is 3.65. The van der Waals surface area contributed by atoms with E-state index in [0.29, 0.717) is 5.25 Å². The van der Waals surface area contributed by atoms with Crippen LogP contribution in [0.2, 0.25) is 0 Å². The molecule has 0 aromatic rings. The summed E-state index contributed by atoms with van der Waals surface area (Å²) in [6, 6.07) is -0.590. The molecule has 2 fully saturated rings. The maximum Gasteiger partial charge on any atom is 0.331 e. The quantitative estimate of drug-likeness (QED) is 0.787. The Morgan fingerprint density at radius 3 is 2.72 bits per heavy atom. The first kappa shape index (κ1) is 13.4. The van der Waals surface area contributed by atoms with Gasteiger partial charge in [0.2, 0.25) is 11.8 Å². The molecule has 3 unspecified atom stereocenters. The van der Waals surface area contributed by atoms with Gasteiger partial charge >= 0.3 is 6.03 Å². The molecule has 0 spiro atoms. The van der Waals surface area contributed by atoms with E-state index in [1.54, 1.807) is 6.92 Å². The summed E-state index contributed by atoms with van der Waals surface area (Å²) in [6.07, 6.45) is 2.72. The standard InChI is InChI=1S/C12H18N2O3S/c1-3-18-9-5-4-8(6-9)14-11(16)7(2)10(15)13-12(14)17/h7-9H,3-6H2,1-2H3,(H,13,15,17). The average molecular weight is 270 g/mol. The number of thioether (sulfide) groups is 1. The molecule has 6 heteroatoms. The van der Waals surface area contributed by atoms with Gasteiger partial charge in [0.05, 0.1) is 0 Å². The number of hydrogen-bond acceptors (Lipinski definition) is 4. The lowest BCUT2D eigenvalue weighted by atomic mass is 10.1. The number of nitrogens with zero attached hydrogens (tertiary/aromatic N) is 1. The highest BCUT2D eigenvalue weighted by atomic mass is 32.2. The van der Waals surface area contributed by atoms with Crippen molar-refractivity contribution in [3.8, 4) is 0 Å². The van der Waals surface area contributed by atoms with Crippen LogP contribution in [0.4, 0.5) is 4.79 Å². The second-order valence-electron chi connectivity index (χ2n) is 4.77. The van der Waals surface area contributed by atoms with Crippen molar-refractivity contribution in [3.05, 3.63) is 0 Å². The molecule has 1 aliphatic heterocycles. The van der Waals surface area contributed by atoms with E-state index < -0.39 is 17.9 Å². The molecule has 2 aliphatic rings. The van der Waals surface area contributed by atoms with Crippen LogP contribution in [-0.4, -0.2) is 39.8 Å². The van der Waals surface area contributed by atoms with Crippen molar-refractivity contribution in [3.63, 3.8) is 0 Å². The minimum absolute atomic E-state index is 0.0444. The number of urea groups is 1. The Morgan fingerprint density at radius 1 is 1.33 bits per heavy atom. The molecule has 2 rings (SSSR count). The summed E-state index contributed by atoms with van der Waals surface area (Å²) in [5.74, 6) is -0.540. The fraction of sp³-hybridized carbons (Fsp3) is 0.750. The molecule has 3 atom stereocenters. The van der Waals surface area contributed by atoms with Crippen molar-refractivity contribution in [1.29, 1.82) is 0 Å². The van der Waals surface area contributed by atoms with E-state index in [1.165, 1.54) is 4.90 Å². The third kappa shape index (κ3) is 2.39. The van der Waals surface area contributed by atoms with Gasteiger partial charge in [0, 0.05) is 11.3 Å². The average Bonchev–Trinajstić information content (AvgIpc) is 2.75. The topological polar surface area (TPSA) is 66.5 Å². The highest BCUT2D eigenvalue weighted by Gasteiger charge is 2.43. The van der Waals surface area contributed by atoms with E-state index in [9.17, 15) is 14.4 Å². The molecule has 4 amide bonds. The number of imide groups is 2. The summed E-state index contributed by atoms with van der Waals surface area (Å²) in [5, 5.41) is 2.78. The normalized spacial score (nSPS) is 32.9. The fourth-order valence-electron chi connectivity index (χ4n) is 2.58. The second-order valence-corrected chi connectivity index (χ2v) is 6.35. The van der Waals surface area contributed by atoms with Crippen LogP contribution in [0.25, 0.3) is 0 Å². The van der Waals surface area contributed by atoms with Crippen LogP contribution >= 0.6 is 11.8 Å². The van der Waals surface area contributed by atoms with Crippen LogP contribution in [0.3, 0.4) is 0 Å². The van der Waals surface area contributed by atoms with E-state index in [1.807, 2.05) is 11.8 Å². The summed E-state index contributed by atoms with van der Waals surface area (Å²) in [5.41, 5.74) is 0. The molecule has 1 aliphatic carbocycles. The fourth-order valence-corrected chi connectivity index (χ4v) is 3.71. The van der Waals surface area contributed by atoms with Gasteiger partial charge in [-0.05, 0) is 31.9 Å². The Morgan fingerprint density at radius 2 is 2.06 bits per heavy atom. The Hall–Kier alpha value is -1.04. The minimum Gasteiger partial charge on any atom is -0.277 e. The lowest BCUT2D eigenvalue weighted by Crippen LogP contribution is -2.59. The van der Waals surface area contributed by atoms with Gasteiger partial charge in [-0.15, -0.1) is 0 Å². The number of carbonyl (C=O) groups excluding carboxylic acids is 3. The first-order valence-corrected chi connectivity index (χ1v) is 7.39. The minimum atomic E-state index is -0.749. The Labute approximate surface area is 111 Å². The Kier molecular flexibility index (Phi) is 3.94. The van der Waals surface area contributed by atoms with Crippen LogP contribution in [0.15, 0.2) is 0 Å². The third-order valence-corrected chi connectivity index (χ3v) is 4.81. The van der Waals surface area contributed by atoms with Crippen LogP contribution < -0.4 is 5.32 Å². The summed E-state index contributed by atoms with van der Waals surface area (Å²) in [4.78, 5) is 36.4. The summed E-state index contributed by atoms with van der Waals surface area (Å²) < 4.78 is 0. The van der Waals surface area contributed by atoms with Gasteiger partial charge in [0.25, 0.3) is 0 Å². The van der Waals surface area contributed by atoms with Crippen molar-refractivity contribution >= 4 is 29.6 Å². The van der Waals surface area contributed by atoms with Gasteiger partial charge in [0.15, 0.2) is 0 Å². The lowest BCUT2D eigenvalue weighted by molar-refractivity contribution is -0.143. The van der Waals surface area contributed by atoms with E-state index in [4.69, 9.17) is 0 Å². The van der Waals surface area contributed by atoms with Crippen molar-refractivity contribution in [2.45, 2.75) is 44.4 Å². The number of rotatable bonds is 3. The van der Waals surface area contributed by atoms with E-state index in [-0.39, 0.29) is 11.9 Å². The van der Waals surface area contributed by atoms with Crippen LogP contribution in [0.1, 0.15) is 33.1 Å². The second kappa shape index (κ2) is 5.30. The van der Waals surface area contributed by atoms with Crippen LogP contribution in [-0.2, 0) is 9.59 Å². The monoisotopic (exact) mass is 270 g/mol. The highest BCUT2D eigenvalue weighted by Crippen LogP contribution is 2.33. The molecule has 0 bridgehead atoms. The van der Waals surface area contributed by atoms with Crippen molar-refractivity contribution in [2.24, 2.45) is 5.92 Å². The number of carbonyl (C=O) groups is 3. The zero-order valence-corrected chi connectivity index (χ0v) is 11.5. The lowest BCUT2D eigenvalue weighted by Gasteiger charge is -2.33. The van der Waals surface area contributed by atoms with Gasteiger partial charge in [-0.2, -0.15) is 11.8 Å². The number of hydrogen-bond donors (Lipinski definition) is 1. The maximum absolute atomic E-state index is 12.0. The molecule has 0 aromatic heterocycles. The molecule has 100 valence electrons. The molecule has 18 heavy (non-hydrogen) atoms. The molecule has 0 radical (unpaired) electrons. The Bertz CT molecular complexity index is 386. The highest BCUT2D eigenvalue weighted by molar-refractivity contribution is 7.99.